The minimum atomic E-state index is -4.56. The third-order valence-corrected chi connectivity index (χ3v) is 4.57. The van der Waals surface area contributed by atoms with Crippen molar-refractivity contribution in [3.8, 4) is 0 Å². The number of alkyl halides is 3. The second-order valence-electron chi connectivity index (χ2n) is 4.57. The molecule has 0 spiro atoms. The van der Waals surface area contributed by atoms with Gasteiger partial charge in [0.25, 0.3) is 0 Å². The van der Waals surface area contributed by atoms with Crippen LogP contribution in [0, 0.1) is 0 Å². The minimum absolute atomic E-state index is 0.110. The lowest BCUT2D eigenvalue weighted by atomic mass is 10.1. The number of thioether (sulfide) groups is 1. The summed E-state index contributed by atoms with van der Waals surface area (Å²) in [4.78, 5) is 17.7. The van der Waals surface area contributed by atoms with Crippen LogP contribution in [-0.4, -0.2) is 29.4 Å². The molecule has 1 amide bonds. The van der Waals surface area contributed by atoms with E-state index in [0.717, 1.165) is 12.2 Å². The number of rotatable bonds is 4. The summed E-state index contributed by atoms with van der Waals surface area (Å²) in [5, 5.41) is 0.592. The SMILES string of the molecule is C=C/C(CN1C(=O)CSc2nc(Br)ccc21)=C(\C=C)C(F)(F)F.CC. The number of nitrogens with zero attached hydrogens (tertiary/aromatic N) is 2. The molecule has 0 saturated heterocycles. The largest absolute Gasteiger partial charge is 0.416 e. The molecule has 0 radical (unpaired) electrons. The molecule has 0 atom stereocenters. The number of allylic oxidation sites excluding steroid dienone is 2. The number of fused-ring (bicyclic) bond motifs is 1. The number of anilines is 1. The lowest BCUT2D eigenvalue weighted by Gasteiger charge is -2.29. The fraction of sp³-hybridized carbons (Fsp3) is 0.294. The van der Waals surface area contributed by atoms with Gasteiger partial charge in [0, 0.05) is 0 Å². The fourth-order valence-corrected chi connectivity index (χ4v) is 3.43. The Hall–Kier alpha value is -1.54. The van der Waals surface area contributed by atoms with Crippen molar-refractivity contribution >= 4 is 39.3 Å². The highest BCUT2D eigenvalue weighted by Gasteiger charge is 2.35. The lowest BCUT2D eigenvalue weighted by molar-refractivity contribution is -0.116. The molecule has 1 aromatic rings. The third kappa shape index (κ3) is 5.22. The van der Waals surface area contributed by atoms with Crippen LogP contribution in [0.5, 0.6) is 0 Å². The molecular formula is C17H18BrF3N2OS. The van der Waals surface area contributed by atoms with Crippen molar-refractivity contribution in [2.75, 3.05) is 17.2 Å². The quantitative estimate of drug-likeness (QED) is 0.460. The lowest BCUT2D eigenvalue weighted by Crippen LogP contribution is -2.37. The first kappa shape index (κ1) is 21.5. The Bertz CT molecular complexity index is 702. The number of aromatic nitrogens is 1. The van der Waals surface area contributed by atoms with Gasteiger partial charge < -0.3 is 4.90 Å². The van der Waals surface area contributed by atoms with E-state index in [2.05, 4.69) is 34.1 Å². The van der Waals surface area contributed by atoms with Gasteiger partial charge >= 0.3 is 6.18 Å². The van der Waals surface area contributed by atoms with Crippen LogP contribution in [0.25, 0.3) is 0 Å². The van der Waals surface area contributed by atoms with E-state index in [-0.39, 0.29) is 23.8 Å². The van der Waals surface area contributed by atoms with Gasteiger partial charge in [0.05, 0.1) is 23.6 Å². The van der Waals surface area contributed by atoms with Gasteiger partial charge in [-0.2, -0.15) is 13.2 Å². The number of pyridine rings is 1. The number of hydrogen-bond donors (Lipinski definition) is 0. The molecular weight excluding hydrogens is 417 g/mol. The number of hydrogen-bond acceptors (Lipinski definition) is 3. The van der Waals surface area contributed by atoms with Gasteiger partial charge in [-0.05, 0) is 33.6 Å². The molecule has 3 nitrogen and oxygen atoms in total. The van der Waals surface area contributed by atoms with Crippen LogP contribution in [0.4, 0.5) is 18.9 Å². The molecule has 0 unspecified atom stereocenters. The summed E-state index contributed by atoms with van der Waals surface area (Å²) >= 11 is 4.49. The normalized spacial score (nSPS) is 14.8. The predicted octanol–water partition coefficient (Wildman–Crippen LogP) is 5.54. The Morgan fingerprint density at radius 3 is 2.52 bits per heavy atom. The Morgan fingerprint density at radius 2 is 2.00 bits per heavy atom. The van der Waals surface area contributed by atoms with Crippen molar-refractivity contribution < 1.29 is 18.0 Å². The van der Waals surface area contributed by atoms with Crippen LogP contribution in [-0.2, 0) is 4.79 Å². The maximum atomic E-state index is 13.1. The summed E-state index contributed by atoms with van der Waals surface area (Å²) < 4.78 is 39.8. The highest BCUT2D eigenvalue weighted by atomic mass is 79.9. The summed E-state index contributed by atoms with van der Waals surface area (Å²) in [5.41, 5.74) is -0.522. The van der Waals surface area contributed by atoms with E-state index in [1.807, 2.05) is 13.8 Å². The molecule has 0 saturated carbocycles. The Labute approximate surface area is 157 Å². The standard InChI is InChI=1S/C15H12BrF3N2OS.C2H6/c1-3-9(10(4-2)15(17,18)19)7-21-11-5-6-12(16)20-14(11)23-8-13(21)22;1-2/h3-6H,1-2,7-8H2;1-2H3/b10-9-;. The molecule has 0 aromatic carbocycles. The number of carbonyl (C=O) groups excluding carboxylic acids is 1. The third-order valence-electron chi connectivity index (χ3n) is 3.16. The van der Waals surface area contributed by atoms with Crippen molar-refractivity contribution in [2.45, 2.75) is 25.0 Å². The molecule has 1 aliphatic heterocycles. The summed E-state index contributed by atoms with van der Waals surface area (Å²) in [7, 11) is 0. The summed E-state index contributed by atoms with van der Waals surface area (Å²) in [6.07, 6.45) is -2.72. The van der Waals surface area contributed by atoms with Gasteiger partial charge in [-0.1, -0.05) is 50.9 Å². The smallest absolute Gasteiger partial charge is 0.305 e. The summed E-state index contributed by atoms with van der Waals surface area (Å²) in [6.45, 7) is 10.4. The van der Waals surface area contributed by atoms with E-state index in [1.165, 1.54) is 16.7 Å². The maximum absolute atomic E-state index is 13.1. The van der Waals surface area contributed by atoms with Crippen LogP contribution in [0.2, 0.25) is 0 Å². The first-order valence-corrected chi connectivity index (χ1v) is 9.20. The number of amides is 1. The number of halogens is 4. The van der Waals surface area contributed by atoms with E-state index in [9.17, 15) is 18.0 Å². The molecule has 2 rings (SSSR count). The van der Waals surface area contributed by atoms with Crippen LogP contribution >= 0.6 is 27.7 Å². The molecule has 1 aliphatic rings. The molecule has 1 aromatic heterocycles. The van der Waals surface area contributed by atoms with Crippen molar-refractivity contribution in [3.05, 3.63) is 53.2 Å². The van der Waals surface area contributed by atoms with E-state index < -0.39 is 11.7 Å². The minimum Gasteiger partial charge on any atom is -0.305 e. The van der Waals surface area contributed by atoms with Gasteiger partial charge in [-0.15, -0.1) is 0 Å². The zero-order valence-corrected chi connectivity index (χ0v) is 16.3. The van der Waals surface area contributed by atoms with E-state index in [1.54, 1.807) is 12.1 Å². The molecule has 25 heavy (non-hydrogen) atoms. The Kier molecular flexibility index (Phi) is 7.95. The average Bonchev–Trinajstić information content (AvgIpc) is 2.57. The zero-order valence-electron chi connectivity index (χ0n) is 13.9. The van der Waals surface area contributed by atoms with Gasteiger partial charge in [-0.25, -0.2) is 4.98 Å². The van der Waals surface area contributed by atoms with Gasteiger partial charge in [0.15, 0.2) is 0 Å². The molecule has 2 heterocycles. The van der Waals surface area contributed by atoms with E-state index >= 15 is 0 Å². The van der Waals surface area contributed by atoms with Gasteiger partial charge in [-0.3, -0.25) is 4.79 Å². The van der Waals surface area contributed by atoms with Crippen molar-refractivity contribution in [1.29, 1.82) is 0 Å². The molecule has 0 fully saturated rings. The van der Waals surface area contributed by atoms with Crippen molar-refractivity contribution in [1.82, 2.24) is 4.98 Å². The first-order valence-electron chi connectivity index (χ1n) is 7.43. The molecule has 8 heteroatoms. The van der Waals surface area contributed by atoms with Crippen LogP contribution in [0.1, 0.15) is 13.8 Å². The van der Waals surface area contributed by atoms with Crippen molar-refractivity contribution in [2.24, 2.45) is 0 Å². The molecule has 0 aliphatic carbocycles. The van der Waals surface area contributed by atoms with Gasteiger partial charge in [0.2, 0.25) is 5.91 Å². The highest BCUT2D eigenvalue weighted by molar-refractivity contribution is 9.10. The Balaban J connectivity index is 0.00000151. The second kappa shape index (κ2) is 9.24. The monoisotopic (exact) mass is 434 g/mol. The fourth-order valence-electron chi connectivity index (χ4n) is 2.10. The average molecular weight is 435 g/mol. The predicted molar refractivity (Wildman–Crippen MR) is 99.8 cm³/mol. The highest BCUT2D eigenvalue weighted by Crippen LogP contribution is 2.36. The van der Waals surface area contributed by atoms with Crippen LogP contribution in [0.3, 0.4) is 0 Å². The van der Waals surface area contributed by atoms with E-state index in [0.29, 0.717) is 15.3 Å². The molecule has 0 bridgehead atoms. The Morgan fingerprint density at radius 1 is 1.36 bits per heavy atom. The first-order chi connectivity index (χ1) is 11.8. The van der Waals surface area contributed by atoms with Crippen LogP contribution in [0.15, 0.2) is 58.2 Å². The number of carbonyl (C=O) groups is 1. The van der Waals surface area contributed by atoms with E-state index in [4.69, 9.17) is 0 Å². The van der Waals surface area contributed by atoms with Gasteiger partial charge in [0.1, 0.15) is 9.63 Å². The van der Waals surface area contributed by atoms with Crippen molar-refractivity contribution in [3.63, 3.8) is 0 Å². The maximum Gasteiger partial charge on any atom is 0.416 e. The zero-order chi connectivity index (χ0) is 19.2. The topological polar surface area (TPSA) is 33.2 Å². The molecule has 0 N–H and O–H groups in total. The molecule has 136 valence electrons. The second-order valence-corrected chi connectivity index (χ2v) is 6.35. The van der Waals surface area contributed by atoms with Crippen LogP contribution < -0.4 is 4.90 Å². The summed E-state index contributed by atoms with van der Waals surface area (Å²) in [5.74, 6) is -0.160. The summed E-state index contributed by atoms with van der Waals surface area (Å²) in [6, 6.07) is 3.29.